The number of anilines is 4. The Morgan fingerprint density at radius 3 is 2.53 bits per heavy atom. The van der Waals surface area contributed by atoms with Gasteiger partial charge in [0, 0.05) is 49.1 Å². The number of rotatable bonds is 5. The maximum atomic E-state index is 11.9. The van der Waals surface area contributed by atoms with E-state index in [0.717, 1.165) is 0 Å². The molecule has 30 heavy (non-hydrogen) atoms. The van der Waals surface area contributed by atoms with Crippen LogP contribution in [-0.2, 0) is 14.6 Å². The number of nitrogens with one attached hydrogen (secondary N) is 1. The zero-order valence-corrected chi connectivity index (χ0v) is 17.1. The third kappa shape index (κ3) is 4.63. The Balaban J connectivity index is 1.73. The first-order valence-corrected chi connectivity index (χ1v) is 11.1. The highest BCUT2D eigenvalue weighted by atomic mass is 32.2. The maximum Gasteiger partial charge on any atom is 0.228 e. The van der Waals surface area contributed by atoms with Crippen molar-refractivity contribution in [1.82, 2.24) is 19.9 Å². The first kappa shape index (κ1) is 20.0. The molecule has 0 bridgehead atoms. The zero-order chi connectivity index (χ0) is 21.1. The van der Waals surface area contributed by atoms with Crippen LogP contribution in [-0.4, -0.2) is 60.9 Å². The van der Waals surface area contributed by atoms with E-state index in [1.807, 2.05) is 4.90 Å². The number of nitrogens with zero attached hydrogens (tertiary/aromatic N) is 5. The van der Waals surface area contributed by atoms with Gasteiger partial charge in [-0.25, -0.2) is 23.4 Å². The predicted octanol–water partition coefficient (Wildman–Crippen LogP) is 1.50. The van der Waals surface area contributed by atoms with E-state index in [2.05, 4.69) is 25.3 Å². The highest BCUT2D eigenvalue weighted by Gasteiger charge is 2.17. The van der Waals surface area contributed by atoms with E-state index in [1.165, 1.54) is 6.26 Å². The monoisotopic (exact) mass is 427 g/mol. The van der Waals surface area contributed by atoms with Gasteiger partial charge in [0.2, 0.25) is 11.9 Å². The summed E-state index contributed by atoms with van der Waals surface area (Å²) in [4.78, 5) is 19.6. The molecule has 0 atom stereocenters. The lowest BCUT2D eigenvalue weighted by Crippen LogP contribution is -2.37. The van der Waals surface area contributed by atoms with Crippen LogP contribution in [0.25, 0.3) is 11.3 Å². The van der Waals surface area contributed by atoms with Crippen LogP contribution < -0.4 is 16.0 Å². The van der Waals surface area contributed by atoms with Gasteiger partial charge in [-0.1, -0.05) is 6.07 Å². The maximum absolute atomic E-state index is 11.9. The highest BCUT2D eigenvalue weighted by Crippen LogP contribution is 2.26. The van der Waals surface area contributed by atoms with Crippen LogP contribution in [0.3, 0.4) is 0 Å². The van der Waals surface area contributed by atoms with Crippen molar-refractivity contribution in [2.75, 3.05) is 48.5 Å². The zero-order valence-electron chi connectivity index (χ0n) is 16.3. The van der Waals surface area contributed by atoms with Crippen LogP contribution in [0.2, 0.25) is 0 Å². The molecule has 3 heterocycles. The average molecular weight is 427 g/mol. The molecule has 2 aromatic heterocycles. The number of sulfone groups is 1. The third-order valence-electron chi connectivity index (χ3n) is 4.51. The fourth-order valence-electron chi connectivity index (χ4n) is 2.97. The van der Waals surface area contributed by atoms with Gasteiger partial charge in [-0.15, -0.1) is 0 Å². The minimum atomic E-state index is -3.32. The highest BCUT2D eigenvalue weighted by molar-refractivity contribution is 7.90. The van der Waals surface area contributed by atoms with Gasteiger partial charge in [0.1, 0.15) is 5.82 Å². The van der Waals surface area contributed by atoms with Crippen molar-refractivity contribution in [3.8, 4) is 11.3 Å². The molecule has 3 aromatic rings. The number of aromatic nitrogens is 4. The molecule has 0 aliphatic carbocycles. The van der Waals surface area contributed by atoms with Gasteiger partial charge in [0.05, 0.1) is 23.8 Å². The molecule has 1 fully saturated rings. The fourth-order valence-corrected chi connectivity index (χ4v) is 3.64. The molecular weight excluding hydrogens is 406 g/mol. The largest absolute Gasteiger partial charge is 0.378 e. The number of nitrogens with two attached hydrogens (primary N) is 1. The molecule has 4 rings (SSSR count). The summed E-state index contributed by atoms with van der Waals surface area (Å²) in [5.41, 5.74) is 7.50. The van der Waals surface area contributed by atoms with Crippen LogP contribution >= 0.6 is 0 Å². The van der Waals surface area contributed by atoms with Gasteiger partial charge in [-0.3, -0.25) is 0 Å². The lowest BCUT2D eigenvalue weighted by atomic mass is 10.2. The molecule has 0 saturated carbocycles. The number of benzene rings is 1. The van der Waals surface area contributed by atoms with Crippen LogP contribution in [0, 0.1) is 0 Å². The second-order valence-corrected chi connectivity index (χ2v) is 8.81. The summed E-state index contributed by atoms with van der Waals surface area (Å²) in [6, 6.07) is 8.33. The molecule has 1 aliphatic heterocycles. The standard InChI is InChI=1S/C19H21N7O3S/c1-30(27,28)15-4-2-3-14(9-15)23-17-10-16(13-11-21-18(20)22-12-13)24-19(25-17)26-5-7-29-8-6-26/h2-4,9-12H,5-8H2,1H3,(H2,20,21,22)(H,23,24,25). The topological polar surface area (TPSA) is 136 Å². The summed E-state index contributed by atoms with van der Waals surface area (Å²) in [7, 11) is -3.32. The Kier molecular flexibility index (Phi) is 5.46. The lowest BCUT2D eigenvalue weighted by Gasteiger charge is -2.27. The SMILES string of the molecule is CS(=O)(=O)c1cccc(Nc2cc(-c3cnc(N)nc3)nc(N3CCOCC3)n2)c1. The number of morpholine rings is 1. The number of hydrogen-bond acceptors (Lipinski definition) is 10. The Hall–Kier alpha value is -3.31. The summed E-state index contributed by atoms with van der Waals surface area (Å²) in [5.74, 6) is 1.23. The molecule has 156 valence electrons. The molecular formula is C19H21N7O3S. The number of nitrogen functional groups attached to an aromatic ring is 1. The predicted molar refractivity (Wildman–Crippen MR) is 113 cm³/mol. The van der Waals surface area contributed by atoms with Gasteiger partial charge in [-0.2, -0.15) is 4.98 Å². The van der Waals surface area contributed by atoms with Crippen molar-refractivity contribution in [3.05, 3.63) is 42.7 Å². The van der Waals surface area contributed by atoms with Gasteiger partial charge in [0.15, 0.2) is 9.84 Å². The minimum absolute atomic E-state index is 0.178. The quantitative estimate of drug-likeness (QED) is 0.616. The van der Waals surface area contributed by atoms with Gasteiger partial charge < -0.3 is 20.7 Å². The van der Waals surface area contributed by atoms with Crippen LogP contribution in [0.1, 0.15) is 0 Å². The molecule has 11 heteroatoms. The molecule has 3 N–H and O–H groups in total. The summed E-state index contributed by atoms with van der Waals surface area (Å²) in [5, 5.41) is 3.18. The van der Waals surface area contributed by atoms with Crippen molar-refractivity contribution in [1.29, 1.82) is 0 Å². The van der Waals surface area contributed by atoms with Crippen LogP contribution in [0.5, 0.6) is 0 Å². The summed E-state index contributed by atoms with van der Waals surface area (Å²) in [6.45, 7) is 2.53. The first-order chi connectivity index (χ1) is 14.4. The van der Waals surface area contributed by atoms with E-state index in [1.54, 1.807) is 42.7 Å². The van der Waals surface area contributed by atoms with E-state index in [9.17, 15) is 8.42 Å². The Morgan fingerprint density at radius 1 is 1.10 bits per heavy atom. The average Bonchev–Trinajstić information content (AvgIpc) is 2.74. The van der Waals surface area contributed by atoms with E-state index >= 15 is 0 Å². The Bertz CT molecular complexity index is 1150. The molecule has 1 saturated heterocycles. The molecule has 1 aliphatic rings. The van der Waals surface area contributed by atoms with E-state index in [4.69, 9.17) is 10.5 Å². The van der Waals surface area contributed by atoms with Gasteiger partial charge >= 0.3 is 0 Å². The second-order valence-electron chi connectivity index (χ2n) is 6.79. The van der Waals surface area contributed by atoms with Crippen molar-refractivity contribution < 1.29 is 13.2 Å². The van der Waals surface area contributed by atoms with Gasteiger partial charge in [0.25, 0.3) is 0 Å². The molecule has 0 unspecified atom stereocenters. The Morgan fingerprint density at radius 2 is 1.83 bits per heavy atom. The smallest absolute Gasteiger partial charge is 0.228 e. The molecule has 10 nitrogen and oxygen atoms in total. The molecule has 0 spiro atoms. The van der Waals surface area contributed by atoms with E-state index in [0.29, 0.717) is 55.0 Å². The lowest BCUT2D eigenvalue weighted by molar-refractivity contribution is 0.122. The van der Waals surface area contributed by atoms with E-state index in [-0.39, 0.29) is 10.8 Å². The summed E-state index contributed by atoms with van der Waals surface area (Å²) < 4.78 is 29.2. The molecule has 1 aromatic carbocycles. The summed E-state index contributed by atoms with van der Waals surface area (Å²) >= 11 is 0. The van der Waals surface area contributed by atoms with Crippen LogP contribution in [0.15, 0.2) is 47.6 Å². The fraction of sp³-hybridized carbons (Fsp3) is 0.263. The van der Waals surface area contributed by atoms with Crippen molar-refractivity contribution in [2.24, 2.45) is 0 Å². The summed E-state index contributed by atoms with van der Waals surface area (Å²) in [6.07, 6.45) is 4.37. The number of ether oxygens (including phenoxy) is 1. The number of hydrogen-bond donors (Lipinski definition) is 2. The van der Waals surface area contributed by atoms with Crippen molar-refractivity contribution >= 4 is 33.2 Å². The third-order valence-corrected chi connectivity index (χ3v) is 5.62. The normalized spacial score (nSPS) is 14.5. The van der Waals surface area contributed by atoms with Gasteiger partial charge in [-0.05, 0) is 18.2 Å². The first-order valence-electron chi connectivity index (χ1n) is 9.25. The van der Waals surface area contributed by atoms with Crippen LogP contribution in [0.4, 0.5) is 23.4 Å². The second kappa shape index (κ2) is 8.20. The minimum Gasteiger partial charge on any atom is -0.378 e. The molecule has 0 amide bonds. The van der Waals surface area contributed by atoms with E-state index < -0.39 is 9.84 Å². The Labute approximate surface area is 174 Å². The van der Waals surface area contributed by atoms with Crippen molar-refractivity contribution in [3.63, 3.8) is 0 Å². The molecule has 0 radical (unpaired) electrons. The van der Waals surface area contributed by atoms with Crippen molar-refractivity contribution in [2.45, 2.75) is 4.90 Å².